The first kappa shape index (κ1) is 16.7. The largest absolute Gasteiger partial charge is 0.481 e. The third-order valence-corrected chi connectivity index (χ3v) is 3.35. The molecule has 0 spiro atoms. The van der Waals surface area contributed by atoms with Crippen LogP contribution in [0.2, 0.25) is 0 Å². The number of carboxylic acids is 2. The maximum atomic E-state index is 10.9. The standard InChI is InChI=1S/C14H24O4/c1-4-6-7-11(5-2)8-12(9-13(15)16)10(3)14(17)18/h11-12H,3-9H2,1-2H3,(H,15,16)(H,17,18). The van der Waals surface area contributed by atoms with E-state index in [1.807, 2.05) is 0 Å². The van der Waals surface area contributed by atoms with Gasteiger partial charge in [-0.1, -0.05) is 46.1 Å². The molecule has 104 valence electrons. The van der Waals surface area contributed by atoms with Crippen LogP contribution in [0.5, 0.6) is 0 Å². The molecular weight excluding hydrogens is 232 g/mol. The second-order valence-electron chi connectivity index (χ2n) is 4.78. The van der Waals surface area contributed by atoms with Gasteiger partial charge in [0, 0.05) is 11.5 Å². The molecule has 18 heavy (non-hydrogen) atoms. The minimum Gasteiger partial charge on any atom is -0.481 e. The summed E-state index contributed by atoms with van der Waals surface area (Å²) in [6.07, 6.45) is 4.62. The predicted molar refractivity (Wildman–Crippen MR) is 70.4 cm³/mol. The van der Waals surface area contributed by atoms with Gasteiger partial charge in [-0.3, -0.25) is 4.79 Å². The van der Waals surface area contributed by atoms with Crippen LogP contribution < -0.4 is 0 Å². The Labute approximate surface area is 109 Å². The molecule has 0 saturated heterocycles. The van der Waals surface area contributed by atoms with E-state index in [-0.39, 0.29) is 12.0 Å². The van der Waals surface area contributed by atoms with E-state index in [1.54, 1.807) is 0 Å². The van der Waals surface area contributed by atoms with E-state index in [1.165, 1.54) is 0 Å². The minimum atomic E-state index is -1.09. The summed E-state index contributed by atoms with van der Waals surface area (Å²) in [5.74, 6) is -2.13. The zero-order valence-electron chi connectivity index (χ0n) is 11.3. The number of carbonyl (C=O) groups is 2. The third kappa shape index (κ3) is 6.42. The van der Waals surface area contributed by atoms with Crippen LogP contribution in [0.25, 0.3) is 0 Å². The summed E-state index contributed by atoms with van der Waals surface area (Å²) in [5.41, 5.74) is 0.0207. The number of rotatable bonds is 10. The Bertz CT molecular complexity index is 296. The minimum absolute atomic E-state index is 0.0207. The zero-order valence-corrected chi connectivity index (χ0v) is 11.3. The number of hydrogen-bond acceptors (Lipinski definition) is 2. The number of unbranched alkanes of at least 4 members (excludes halogenated alkanes) is 1. The van der Waals surface area contributed by atoms with E-state index in [2.05, 4.69) is 20.4 Å². The maximum absolute atomic E-state index is 10.9. The van der Waals surface area contributed by atoms with E-state index in [0.717, 1.165) is 25.7 Å². The number of carboxylic acid groups (broad SMARTS) is 2. The monoisotopic (exact) mass is 256 g/mol. The molecule has 0 aliphatic carbocycles. The van der Waals surface area contributed by atoms with Crippen molar-refractivity contribution < 1.29 is 19.8 Å². The van der Waals surface area contributed by atoms with Crippen molar-refractivity contribution in [1.29, 1.82) is 0 Å². The molecular formula is C14H24O4. The normalized spacial score (nSPS) is 13.9. The van der Waals surface area contributed by atoms with Gasteiger partial charge in [-0.25, -0.2) is 4.79 Å². The van der Waals surface area contributed by atoms with E-state index in [4.69, 9.17) is 10.2 Å². The van der Waals surface area contributed by atoms with Crippen molar-refractivity contribution in [1.82, 2.24) is 0 Å². The molecule has 0 aromatic rings. The van der Waals surface area contributed by atoms with Gasteiger partial charge in [-0.05, 0) is 12.3 Å². The van der Waals surface area contributed by atoms with Gasteiger partial charge in [0.1, 0.15) is 0 Å². The average Bonchev–Trinajstić information content (AvgIpc) is 2.31. The molecule has 0 rings (SSSR count). The molecule has 0 bridgehead atoms. The lowest BCUT2D eigenvalue weighted by molar-refractivity contribution is -0.138. The van der Waals surface area contributed by atoms with Gasteiger partial charge in [0.2, 0.25) is 0 Å². The van der Waals surface area contributed by atoms with E-state index < -0.39 is 17.9 Å². The van der Waals surface area contributed by atoms with E-state index in [0.29, 0.717) is 12.3 Å². The van der Waals surface area contributed by atoms with Crippen LogP contribution in [0.1, 0.15) is 52.4 Å². The Morgan fingerprint density at radius 3 is 2.22 bits per heavy atom. The van der Waals surface area contributed by atoms with Gasteiger partial charge in [-0.15, -0.1) is 0 Å². The molecule has 4 heteroatoms. The number of aliphatic carboxylic acids is 2. The van der Waals surface area contributed by atoms with Crippen molar-refractivity contribution >= 4 is 11.9 Å². The molecule has 0 heterocycles. The smallest absolute Gasteiger partial charge is 0.331 e. The Morgan fingerprint density at radius 1 is 1.22 bits per heavy atom. The van der Waals surface area contributed by atoms with Crippen LogP contribution in [-0.4, -0.2) is 22.2 Å². The van der Waals surface area contributed by atoms with Gasteiger partial charge < -0.3 is 10.2 Å². The molecule has 0 saturated carbocycles. The molecule has 4 nitrogen and oxygen atoms in total. The second kappa shape index (κ2) is 8.72. The first-order chi connectivity index (χ1) is 8.42. The van der Waals surface area contributed by atoms with Crippen LogP contribution in [0.3, 0.4) is 0 Å². The summed E-state index contributed by atoms with van der Waals surface area (Å²) in [5, 5.41) is 17.8. The summed E-state index contributed by atoms with van der Waals surface area (Å²) in [6.45, 7) is 7.68. The molecule has 0 aromatic heterocycles. The highest BCUT2D eigenvalue weighted by molar-refractivity contribution is 5.87. The van der Waals surface area contributed by atoms with Crippen LogP contribution in [0.4, 0.5) is 0 Å². The van der Waals surface area contributed by atoms with Gasteiger partial charge in [0.05, 0.1) is 6.42 Å². The van der Waals surface area contributed by atoms with Gasteiger partial charge >= 0.3 is 11.9 Å². The topological polar surface area (TPSA) is 74.6 Å². The molecule has 0 amide bonds. The summed E-state index contributed by atoms with van der Waals surface area (Å²) in [7, 11) is 0. The lowest BCUT2D eigenvalue weighted by atomic mass is 9.83. The molecule has 2 N–H and O–H groups in total. The van der Waals surface area contributed by atoms with Gasteiger partial charge in [0.15, 0.2) is 0 Å². The first-order valence-electron chi connectivity index (χ1n) is 6.56. The van der Waals surface area contributed by atoms with Crippen LogP contribution in [-0.2, 0) is 9.59 Å². The van der Waals surface area contributed by atoms with Crippen LogP contribution in [0.15, 0.2) is 12.2 Å². The molecule has 0 fully saturated rings. The highest BCUT2D eigenvalue weighted by Crippen LogP contribution is 2.28. The van der Waals surface area contributed by atoms with Gasteiger partial charge in [-0.2, -0.15) is 0 Å². The van der Waals surface area contributed by atoms with Crippen molar-refractivity contribution in [3.8, 4) is 0 Å². The fourth-order valence-electron chi connectivity index (χ4n) is 2.12. The van der Waals surface area contributed by atoms with Crippen LogP contribution >= 0.6 is 0 Å². The van der Waals surface area contributed by atoms with Crippen molar-refractivity contribution in [2.45, 2.75) is 52.4 Å². The molecule has 2 unspecified atom stereocenters. The Kier molecular flexibility index (Phi) is 8.08. The highest BCUT2D eigenvalue weighted by Gasteiger charge is 2.24. The molecule has 0 aliphatic heterocycles. The van der Waals surface area contributed by atoms with Crippen molar-refractivity contribution in [3.05, 3.63) is 12.2 Å². The van der Waals surface area contributed by atoms with E-state index in [9.17, 15) is 9.59 Å². The molecule has 0 radical (unpaired) electrons. The summed E-state index contributed by atoms with van der Waals surface area (Å²) < 4.78 is 0. The van der Waals surface area contributed by atoms with Gasteiger partial charge in [0.25, 0.3) is 0 Å². The Morgan fingerprint density at radius 2 is 1.83 bits per heavy atom. The molecule has 0 aliphatic rings. The fraction of sp³-hybridized carbons (Fsp3) is 0.714. The van der Waals surface area contributed by atoms with Crippen LogP contribution in [0, 0.1) is 11.8 Å². The van der Waals surface area contributed by atoms with Crippen molar-refractivity contribution in [2.24, 2.45) is 11.8 Å². The molecule has 2 atom stereocenters. The molecule has 0 aromatic carbocycles. The summed E-state index contributed by atoms with van der Waals surface area (Å²) in [6, 6.07) is 0. The van der Waals surface area contributed by atoms with E-state index >= 15 is 0 Å². The van der Waals surface area contributed by atoms with Crippen molar-refractivity contribution in [3.63, 3.8) is 0 Å². The Hall–Kier alpha value is -1.32. The maximum Gasteiger partial charge on any atom is 0.331 e. The lowest BCUT2D eigenvalue weighted by Gasteiger charge is -2.21. The lowest BCUT2D eigenvalue weighted by Crippen LogP contribution is -2.19. The first-order valence-corrected chi connectivity index (χ1v) is 6.56. The third-order valence-electron chi connectivity index (χ3n) is 3.35. The Balaban J connectivity index is 4.59. The quantitative estimate of drug-likeness (QED) is 0.588. The fourth-order valence-corrected chi connectivity index (χ4v) is 2.12. The average molecular weight is 256 g/mol. The zero-order chi connectivity index (χ0) is 14.1. The van der Waals surface area contributed by atoms with Crippen molar-refractivity contribution in [2.75, 3.05) is 0 Å². The summed E-state index contributed by atoms with van der Waals surface area (Å²) in [4.78, 5) is 21.7. The highest BCUT2D eigenvalue weighted by atomic mass is 16.4. The summed E-state index contributed by atoms with van der Waals surface area (Å²) >= 11 is 0. The SMILES string of the molecule is C=C(C(=O)O)C(CC(=O)O)CC(CC)CCCC. The number of hydrogen-bond donors (Lipinski definition) is 2. The predicted octanol–water partition coefficient (Wildman–Crippen LogP) is 3.32. The second-order valence-corrected chi connectivity index (χ2v) is 4.78.